The van der Waals surface area contributed by atoms with Crippen LogP contribution < -0.4 is 4.74 Å². The molecule has 3 aromatic carbocycles. The van der Waals surface area contributed by atoms with Gasteiger partial charge in [0.1, 0.15) is 15.8 Å². The lowest BCUT2D eigenvalue weighted by atomic mass is 10.1. The van der Waals surface area contributed by atoms with Gasteiger partial charge in [-0.2, -0.15) is 5.10 Å². The van der Waals surface area contributed by atoms with Crippen molar-refractivity contribution < 1.29 is 18.3 Å². The third kappa shape index (κ3) is 5.33. The van der Waals surface area contributed by atoms with Crippen LogP contribution in [0.4, 0.5) is 8.78 Å². The molecule has 0 N–H and O–H groups in total. The number of hydrogen-bond acceptors (Lipinski definition) is 5. The van der Waals surface area contributed by atoms with Gasteiger partial charge >= 0.3 is 0 Å². The number of thiocarbonyl (C=S) groups is 1. The molecule has 1 aromatic heterocycles. The molecule has 4 aromatic rings. The molecule has 0 aliphatic carbocycles. The first-order chi connectivity index (χ1) is 17.9. The summed E-state index contributed by atoms with van der Waals surface area (Å²) in [6, 6.07) is 20.1. The second-order valence-electron chi connectivity index (χ2n) is 8.19. The van der Waals surface area contributed by atoms with Crippen LogP contribution in [0.15, 0.2) is 83.9 Å². The maximum absolute atomic E-state index is 14.7. The molecule has 1 amide bonds. The molecule has 0 spiro atoms. The van der Waals surface area contributed by atoms with Crippen molar-refractivity contribution in [3.63, 3.8) is 0 Å². The average Bonchev–Trinajstić information content (AvgIpc) is 3.43. The topological polar surface area (TPSA) is 47.4 Å². The first-order valence-electron chi connectivity index (χ1n) is 11.5. The molecule has 9 heteroatoms. The van der Waals surface area contributed by atoms with E-state index in [1.54, 1.807) is 48.1 Å². The lowest BCUT2D eigenvalue weighted by Crippen LogP contribution is -2.27. The SMILES string of the molecule is CCOc1ccc(-c2nn(-c3ccccc3)cc2C=C2SC(=S)N(Cc3ccc(F)cc3)C2=O)cc1F. The normalized spacial score (nSPS) is 14.6. The first-order valence-corrected chi connectivity index (χ1v) is 12.7. The first kappa shape index (κ1) is 24.9. The summed E-state index contributed by atoms with van der Waals surface area (Å²) in [4.78, 5) is 15.2. The highest BCUT2D eigenvalue weighted by Crippen LogP contribution is 2.36. The maximum Gasteiger partial charge on any atom is 0.266 e. The molecule has 1 fully saturated rings. The Morgan fingerprint density at radius 1 is 1.05 bits per heavy atom. The molecule has 1 aliphatic rings. The van der Waals surface area contributed by atoms with E-state index in [9.17, 15) is 13.6 Å². The van der Waals surface area contributed by atoms with E-state index < -0.39 is 5.82 Å². The molecule has 2 heterocycles. The number of ether oxygens (including phenoxy) is 1. The second-order valence-corrected chi connectivity index (χ2v) is 9.86. The Labute approximate surface area is 222 Å². The predicted molar refractivity (Wildman–Crippen MR) is 145 cm³/mol. The van der Waals surface area contributed by atoms with Gasteiger partial charge in [0.15, 0.2) is 11.6 Å². The van der Waals surface area contributed by atoms with Gasteiger partial charge in [-0.3, -0.25) is 9.69 Å². The number of para-hydroxylation sites is 1. The Balaban J connectivity index is 1.52. The minimum atomic E-state index is -0.495. The van der Waals surface area contributed by atoms with Gasteiger partial charge in [-0.1, -0.05) is 54.3 Å². The zero-order chi connectivity index (χ0) is 25.9. The number of nitrogens with zero attached hydrogens (tertiary/aromatic N) is 3. The van der Waals surface area contributed by atoms with E-state index in [-0.39, 0.29) is 24.0 Å². The molecule has 0 bridgehead atoms. The molecule has 0 unspecified atom stereocenters. The molecule has 0 saturated carbocycles. The van der Waals surface area contributed by atoms with Crippen LogP contribution in [-0.4, -0.2) is 31.5 Å². The predicted octanol–water partition coefficient (Wildman–Crippen LogP) is 6.62. The number of hydrogen-bond donors (Lipinski definition) is 0. The molecule has 37 heavy (non-hydrogen) atoms. The number of carbonyl (C=O) groups excluding carboxylic acids is 1. The van der Waals surface area contributed by atoms with E-state index in [4.69, 9.17) is 22.1 Å². The Kier molecular flexibility index (Phi) is 7.16. The van der Waals surface area contributed by atoms with E-state index in [0.29, 0.717) is 32.7 Å². The van der Waals surface area contributed by atoms with Crippen molar-refractivity contribution in [1.29, 1.82) is 0 Å². The van der Waals surface area contributed by atoms with Gasteiger partial charge in [0.2, 0.25) is 0 Å². The molecule has 0 atom stereocenters. The minimum Gasteiger partial charge on any atom is -0.491 e. The molecule has 1 aliphatic heterocycles. The molecule has 5 nitrogen and oxygen atoms in total. The summed E-state index contributed by atoms with van der Waals surface area (Å²) in [5.74, 6) is -0.930. The van der Waals surface area contributed by atoms with Crippen LogP contribution in [0.2, 0.25) is 0 Å². The fraction of sp³-hybridized carbons (Fsp3) is 0.107. The number of aromatic nitrogens is 2. The number of thioether (sulfide) groups is 1. The highest BCUT2D eigenvalue weighted by atomic mass is 32.2. The largest absolute Gasteiger partial charge is 0.491 e. The van der Waals surface area contributed by atoms with Crippen LogP contribution in [0.5, 0.6) is 5.75 Å². The number of carbonyl (C=O) groups is 1. The summed E-state index contributed by atoms with van der Waals surface area (Å²) in [5.41, 5.74) is 3.27. The van der Waals surface area contributed by atoms with E-state index in [2.05, 4.69) is 0 Å². The summed E-state index contributed by atoms with van der Waals surface area (Å²) in [5, 5.41) is 4.71. The molecular formula is C28H21F2N3O2S2. The molecule has 1 saturated heterocycles. The zero-order valence-corrected chi connectivity index (χ0v) is 21.4. The van der Waals surface area contributed by atoms with Crippen LogP contribution in [0.3, 0.4) is 0 Å². The van der Waals surface area contributed by atoms with Gasteiger partial charge in [0.25, 0.3) is 5.91 Å². The van der Waals surface area contributed by atoms with Gasteiger partial charge in [-0.15, -0.1) is 0 Å². The highest BCUT2D eigenvalue weighted by molar-refractivity contribution is 8.26. The summed E-state index contributed by atoms with van der Waals surface area (Å²) >= 11 is 6.65. The lowest BCUT2D eigenvalue weighted by Gasteiger charge is -2.14. The van der Waals surface area contributed by atoms with Gasteiger partial charge in [-0.05, 0) is 61.0 Å². The number of halogens is 2. The van der Waals surface area contributed by atoms with Crippen molar-refractivity contribution in [3.05, 3.63) is 107 Å². The molecule has 5 rings (SSSR count). The summed E-state index contributed by atoms with van der Waals surface area (Å²) < 4.78 is 35.4. The van der Waals surface area contributed by atoms with Crippen LogP contribution >= 0.6 is 24.0 Å². The lowest BCUT2D eigenvalue weighted by molar-refractivity contribution is -0.122. The number of amides is 1. The average molecular weight is 534 g/mol. The quantitative estimate of drug-likeness (QED) is 0.197. The summed E-state index contributed by atoms with van der Waals surface area (Å²) in [6.45, 7) is 2.38. The fourth-order valence-corrected chi connectivity index (χ4v) is 5.15. The molecule has 186 valence electrons. The maximum atomic E-state index is 14.7. The summed E-state index contributed by atoms with van der Waals surface area (Å²) in [6.07, 6.45) is 3.52. The second kappa shape index (κ2) is 10.7. The molecule has 0 radical (unpaired) electrons. The van der Waals surface area contributed by atoms with Crippen molar-refractivity contribution in [2.75, 3.05) is 6.61 Å². The Morgan fingerprint density at radius 3 is 2.51 bits per heavy atom. The zero-order valence-electron chi connectivity index (χ0n) is 19.7. The van der Waals surface area contributed by atoms with Crippen molar-refractivity contribution >= 4 is 40.3 Å². The van der Waals surface area contributed by atoms with Crippen LogP contribution in [0.1, 0.15) is 18.1 Å². The van der Waals surface area contributed by atoms with Crippen LogP contribution in [0, 0.1) is 11.6 Å². The van der Waals surface area contributed by atoms with Gasteiger partial charge in [0, 0.05) is 17.3 Å². The third-order valence-corrected chi connectivity index (χ3v) is 7.06. The Hall–Kier alpha value is -3.82. The Bertz CT molecular complexity index is 1500. The van der Waals surface area contributed by atoms with Crippen LogP contribution in [-0.2, 0) is 11.3 Å². The fourth-order valence-electron chi connectivity index (χ4n) is 3.90. The van der Waals surface area contributed by atoms with Gasteiger partial charge < -0.3 is 4.74 Å². The minimum absolute atomic E-state index is 0.164. The standard InChI is InChI=1S/C28H21F2N3O2S2/c1-2-35-24-13-10-19(14-23(24)30)26-20(17-33(31-26)22-6-4-3-5-7-22)15-25-27(34)32(28(36)37-25)16-18-8-11-21(29)12-9-18/h3-15,17H,2,16H2,1H3. The third-order valence-electron chi connectivity index (χ3n) is 5.68. The van der Waals surface area contributed by atoms with E-state index >= 15 is 0 Å². The van der Waals surface area contributed by atoms with Crippen molar-refractivity contribution in [2.24, 2.45) is 0 Å². The van der Waals surface area contributed by atoms with Crippen molar-refractivity contribution in [2.45, 2.75) is 13.5 Å². The van der Waals surface area contributed by atoms with E-state index in [1.807, 2.05) is 30.3 Å². The number of rotatable bonds is 7. The Morgan fingerprint density at radius 2 is 1.81 bits per heavy atom. The molecular weight excluding hydrogens is 512 g/mol. The van der Waals surface area contributed by atoms with Crippen LogP contribution in [0.25, 0.3) is 23.0 Å². The monoisotopic (exact) mass is 533 g/mol. The van der Waals surface area contributed by atoms with E-state index in [0.717, 1.165) is 11.3 Å². The number of benzene rings is 3. The van der Waals surface area contributed by atoms with Crippen molar-refractivity contribution in [3.8, 4) is 22.7 Å². The smallest absolute Gasteiger partial charge is 0.266 e. The van der Waals surface area contributed by atoms with Gasteiger partial charge in [-0.25, -0.2) is 13.5 Å². The van der Waals surface area contributed by atoms with Gasteiger partial charge in [0.05, 0.1) is 23.7 Å². The van der Waals surface area contributed by atoms with E-state index in [1.165, 1.54) is 34.9 Å². The van der Waals surface area contributed by atoms with Crippen molar-refractivity contribution in [1.82, 2.24) is 14.7 Å². The highest BCUT2D eigenvalue weighted by Gasteiger charge is 2.32. The summed E-state index contributed by atoms with van der Waals surface area (Å²) in [7, 11) is 0.